The van der Waals surface area contributed by atoms with Crippen LogP contribution in [-0.4, -0.2) is 54.4 Å². The molecule has 146 valence electrons. The first kappa shape index (κ1) is 18.5. The average Bonchev–Trinajstić information content (AvgIpc) is 3.09. The SMILES string of the molecule is C=C(C(C)NCCNC1CCOCC1)N1CCn2c(cc3ccccc32)C1. The second-order valence-corrected chi connectivity index (χ2v) is 7.78. The van der Waals surface area contributed by atoms with E-state index in [-0.39, 0.29) is 6.04 Å². The van der Waals surface area contributed by atoms with Crippen molar-refractivity contribution >= 4 is 10.9 Å². The monoisotopic (exact) mass is 368 g/mol. The van der Waals surface area contributed by atoms with Gasteiger partial charge in [0.2, 0.25) is 0 Å². The Kier molecular flexibility index (Phi) is 5.81. The van der Waals surface area contributed by atoms with Crippen LogP contribution < -0.4 is 10.6 Å². The van der Waals surface area contributed by atoms with Gasteiger partial charge in [0.15, 0.2) is 0 Å². The van der Waals surface area contributed by atoms with Crippen LogP contribution in [0, 0.1) is 0 Å². The van der Waals surface area contributed by atoms with E-state index in [1.165, 1.54) is 22.3 Å². The quantitative estimate of drug-likeness (QED) is 0.738. The number of rotatable bonds is 7. The number of hydrogen-bond donors (Lipinski definition) is 2. The second kappa shape index (κ2) is 8.46. The van der Waals surface area contributed by atoms with Crippen molar-refractivity contribution in [3.63, 3.8) is 0 Å². The highest BCUT2D eigenvalue weighted by molar-refractivity contribution is 5.81. The van der Waals surface area contributed by atoms with E-state index in [9.17, 15) is 0 Å². The minimum absolute atomic E-state index is 0.289. The van der Waals surface area contributed by atoms with Crippen molar-refractivity contribution in [2.45, 2.75) is 44.9 Å². The molecule has 0 bridgehead atoms. The Morgan fingerprint density at radius 2 is 2.04 bits per heavy atom. The molecule has 2 aliphatic heterocycles. The molecule has 2 aliphatic rings. The Labute approximate surface area is 162 Å². The third-order valence-corrected chi connectivity index (χ3v) is 5.98. The van der Waals surface area contributed by atoms with Crippen molar-refractivity contribution in [3.05, 3.63) is 48.3 Å². The molecule has 1 fully saturated rings. The molecule has 27 heavy (non-hydrogen) atoms. The highest BCUT2D eigenvalue weighted by Gasteiger charge is 2.21. The predicted octanol–water partition coefficient (Wildman–Crippen LogP) is 2.72. The van der Waals surface area contributed by atoms with Crippen LogP contribution in [0.5, 0.6) is 0 Å². The van der Waals surface area contributed by atoms with Crippen LogP contribution >= 0.6 is 0 Å². The van der Waals surface area contributed by atoms with Crippen molar-refractivity contribution in [1.82, 2.24) is 20.1 Å². The molecule has 1 saturated heterocycles. The number of benzene rings is 1. The summed E-state index contributed by atoms with van der Waals surface area (Å²) in [5.41, 5.74) is 3.93. The van der Waals surface area contributed by atoms with E-state index in [1.54, 1.807) is 0 Å². The molecule has 5 nitrogen and oxygen atoms in total. The van der Waals surface area contributed by atoms with Crippen LogP contribution in [0.3, 0.4) is 0 Å². The second-order valence-electron chi connectivity index (χ2n) is 7.78. The molecule has 4 rings (SSSR count). The number of ether oxygens (including phenoxy) is 1. The molecule has 1 aromatic heterocycles. The summed E-state index contributed by atoms with van der Waals surface area (Å²) in [5, 5.41) is 8.60. The molecule has 0 spiro atoms. The van der Waals surface area contributed by atoms with E-state index >= 15 is 0 Å². The first-order chi connectivity index (χ1) is 13.2. The number of nitrogens with one attached hydrogen (secondary N) is 2. The summed E-state index contributed by atoms with van der Waals surface area (Å²) in [4.78, 5) is 2.43. The lowest BCUT2D eigenvalue weighted by Crippen LogP contribution is -2.43. The summed E-state index contributed by atoms with van der Waals surface area (Å²) < 4.78 is 7.87. The molecular formula is C22H32N4O. The van der Waals surface area contributed by atoms with E-state index in [1.807, 2.05) is 0 Å². The van der Waals surface area contributed by atoms with Crippen LogP contribution in [0.1, 0.15) is 25.5 Å². The van der Waals surface area contributed by atoms with E-state index in [0.717, 1.165) is 58.8 Å². The fourth-order valence-corrected chi connectivity index (χ4v) is 4.26. The minimum Gasteiger partial charge on any atom is -0.381 e. The standard InChI is InChI=1S/C22H32N4O/c1-17(23-9-10-24-20-7-13-27-14-8-20)18(2)25-11-12-26-21(16-25)15-19-5-3-4-6-22(19)26/h3-6,15,17,20,23-24H,2,7-14,16H2,1H3. The molecule has 3 heterocycles. The van der Waals surface area contributed by atoms with Gasteiger partial charge in [-0.3, -0.25) is 0 Å². The first-order valence-electron chi connectivity index (χ1n) is 10.3. The summed E-state index contributed by atoms with van der Waals surface area (Å²) in [5.74, 6) is 0. The summed E-state index contributed by atoms with van der Waals surface area (Å²) in [7, 11) is 0. The van der Waals surface area contributed by atoms with Crippen LogP contribution in [-0.2, 0) is 17.8 Å². The maximum atomic E-state index is 5.41. The number of fused-ring (bicyclic) bond motifs is 3. The summed E-state index contributed by atoms with van der Waals surface area (Å²) in [6, 6.07) is 11.9. The van der Waals surface area contributed by atoms with Gasteiger partial charge in [-0.1, -0.05) is 24.8 Å². The Morgan fingerprint density at radius 1 is 1.22 bits per heavy atom. The van der Waals surface area contributed by atoms with Gasteiger partial charge in [0.25, 0.3) is 0 Å². The predicted molar refractivity (Wildman–Crippen MR) is 111 cm³/mol. The Hall–Kier alpha value is -1.82. The molecule has 0 aliphatic carbocycles. The number of hydrogen-bond acceptors (Lipinski definition) is 4. The molecule has 1 unspecified atom stereocenters. The van der Waals surface area contributed by atoms with Crippen LogP contribution in [0.2, 0.25) is 0 Å². The lowest BCUT2D eigenvalue weighted by Gasteiger charge is -2.35. The normalized spacial score (nSPS) is 19.2. The average molecular weight is 369 g/mol. The smallest absolute Gasteiger partial charge is 0.0580 e. The Bertz CT molecular complexity index is 778. The molecular weight excluding hydrogens is 336 g/mol. The van der Waals surface area contributed by atoms with Crippen molar-refractivity contribution < 1.29 is 4.74 Å². The van der Waals surface area contributed by atoms with Crippen molar-refractivity contribution in [1.29, 1.82) is 0 Å². The first-order valence-corrected chi connectivity index (χ1v) is 10.3. The van der Waals surface area contributed by atoms with Gasteiger partial charge in [-0.05, 0) is 37.3 Å². The van der Waals surface area contributed by atoms with E-state index in [0.29, 0.717) is 6.04 Å². The zero-order valence-electron chi connectivity index (χ0n) is 16.4. The van der Waals surface area contributed by atoms with Crippen LogP contribution in [0.15, 0.2) is 42.6 Å². The van der Waals surface area contributed by atoms with Crippen LogP contribution in [0.25, 0.3) is 10.9 Å². The fraction of sp³-hybridized carbons (Fsp3) is 0.545. The molecule has 0 saturated carbocycles. The maximum absolute atomic E-state index is 5.41. The maximum Gasteiger partial charge on any atom is 0.0580 e. The summed E-state index contributed by atoms with van der Waals surface area (Å²) >= 11 is 0. The largest absolute Gasteiger partial charge is 0.381 e. The van der Waals surface area contributed by atoms with Gasteiger partial charge in [0, 0.05) is 68.4 Å². The van der Waals surface area contributed by atoms with Gasteiger partial charge >= 0.3 is 0 Å². The molecule has 0 radical (unpaired) electrons. The zero-order chi connectivity index (χ0) is 18.6. The highest BCUT2D eigenvalue weighted by Crippen LogP contribution is 2.25. The molecule has 1 atom stereocenters. The Balaban J connectivity index is 1.26. The third kappa shape index (κ3) is 4.21. The molecule has 0 amide bonds. The van der Waals surface area contributed by atoms with Gasteiger partial charge in [0.1, 0.15) is 0 Å². The summed E-state index contributed by atoms with van der Waals surface area (Å²) in [6.45, 7) is 13.4. The Morgan fingerprint density at radius 3 is 2.89 bits per heavy atom. The highest BCUT2D eigenvalue weighted by atomic mass is 16.5. The molecule has 5 heteroatoms. The van der Waals surface area contributed by atoms with Gasteiger partial charge in [-0.2, -0.15) is 0 Å². The van der Waals surface area contributed by atoms with Crippen molar-refractivity contribution in [3.8, 4) is 0 Å². The lowest BCUT2D eigenvalue weighted by molar-refractivity contribution is 0.0781. The molecule has 1 aromatic carbocycles. The van der Waals surface area contributed by atoms with E-state index < -0.39 is 0 Å². The van der Waals surface area contributed by atoms with Gasteiger partial charge in [-0.25, -0.2) is 0 Å². The van der Waals surface area contributed by atoms with E-state index in [4.69, 9.17) is 4.74 Å². The summed E-state index contributed by atoms with van der Waals surface area (Å²) in [6.07, 6.45) is 2.26. The van der Waals surface area contributed by atoms with Gasteiger partial charge in [-0.15, -0.1) is 0 Å². The molecule has 2 aromatic rings. The van der Waals surface area contributed by atoms with Crippen molar-refractivity contribution in [2.24, 2.45) is 0 Å². The van der Waals surface area contributed by atoms with Crippen LogP contribution in [0.4, 0.5) is 0 Å². The van der Waals surface area contributed by atoms with Crippen molar-refractivity contribution in [2.75, 3.05) is 32.8 Å². The number of para-hydroxylation sites is 1. The number of nitrogens with zero attached hydrogens (tertiary/aromatic N) is 2. The molecule has 2 N–H and O–H groups in total. The fourth-order valence-electron chi connectivity index (χ4n) is 4.26. The van der Waals surface area contributed by atoms with Gasteiger partial charge < -0.3 is 24.8 Å². The zero-order valence-corrected chi connectivity index (χ0v) is 16.4. The lowest BCUT2D eigenvalue weighted by atomic mass is 10.1. The minimum atomic E-state index is 0.289. The topological polar surface area (TPSA) is 41.5 Å². The third-order valence-electron chi connectivity index (χ3n) is 5.98. The number of aromatic nitrogens is 1. The van der Waals surface area contributed by atoms with E-state index in [2.05, 4.69) is 63.9 Å². The van der Waals surface area contributed by atoms with Gasteiger partial charge in [0.05, 0.1) is 6.54 Å².